The number of phenols is 3. The van der Waals surface area contributed by atoms with Gasteiger partial charge in [-0.2, -0.15) is 0 Å². The van der Waals surface area contributed by atoms with Crippen molar-refractivity contribution in [3.05, 3.63) is 17.2 Å². The first-order chi connectivity index (χ1) is 6.07. The van der Waals surface area contributed by atoms with E-state index < -0.39 is 0 Å². The van der Waals surface area contributed by atoms with Gasteiger partial charge in [-0.05, 0) is 0 Å². The Labute approximate surface area is 92.7 Å². The van der Waals surface area contributed by atoms with Crippen LogP contribution >= 0.6 is 0 Å². The molecule has 0 fully saturated rings. The Morgan fingerprint density at radius 3 is 2.38 bits per heavy atom. The Morgan fingerprint density at radius 2 is 1.85 bits per heavy atom. The van der Waals surface area contributed by atoms with Crippen LogP contribution in [0.25, 0.3) is 0 Å². The summed E-state index contributed by atoms with van der Waals surface area (Å²) in [6, 6.07) is 1.52. The number of aryl methyl sites for hydroxylation is 1. The van der Waals surface area contributed by atoms with Gasteiger partial charge in [-0.25, -0.2) is 0 Å². The number of hydrogen-bond acceptors (Lipinski definition) is 3. The molecule has 4 heteroatoms. The summed E-state index contributed by atoms with van der Waals surface area (Å²) in [7, 11) is 0. The van der Waals surface area contributed by atoms with Crippen LogP contribution < -0.4 is 0 Å². The van der Waals surface area contributed by atoms with E-state index in [0.29, 0.717) is 17.5 Å². The molecule has 0 saturated carbocycles. The summed E-state index contributed by atoms with van der Waals surface area (Å²) >= 11 is 1.04. The maximum absolute atomic E-state index is 9.49. The van der Waals surface area contributed by atoms with Gasteiger partial charge in [-0.1, -0.05) is 0 Å². The van der Waals surface area contributed by atoms with Crippen LogP contribution in [-0.2, 0) is 6.42 Å². The molecule has 0 aliphatic rings. The van der Waals surface area contributed by atoms with Gasteiger partial charge < -0.3 is 0 Å². The molecule has 0 amide bonds. The summed E-state index contributed by atoms with van der Waals surface area (Å²) in [5, 5.41) is 28.3. The quantitative estimate of drug-likeness (QED) is 0.415. The molecule has 0 spiro atoms. The third kappa shape index (κ3) is 2.07. The second-order valence-electron chi connectivity index (χ2n) is 2.88. The van der Waals surface area contributed by atoms with Crippen molar-refractivity contribution in [3.8, 4) is 17.2 Å². The fraction of sp³-hybridized carbons (Fsp3) is 0.333. The van der Waals surface area contributed by atoms with Crippen molar-refractivity contribution in [2.24, 2.45) is 0 Å². The molecule has 3 radical (unpaired) electrons. The van der Waals surface area contributed by atoms with Crippen molar-refractivity contribution >= 4 is 25.8 Å². The average molecular weight is 374 g/mol. The predicted octanol–water partition coefficient (Wildman–Crippen LogP) is 1.24. The van der Waals surface area contributed by atoms with Crippen LogP contribution in [0.1, 0.15) is 11.1 Å². The monoisotopic (exact) mass is 375 g/mol. The van der Waals surface area contributed by atoms with E-state index in [0.717, 1.165) is 29.7 Å². The molecule has 3 N–H and O–H groups in total. The standard InChI is InChI=1S/C9H11O3.Pb/c1-3-6-4-7(10)5(2)8(11)9(6)12;/h4,10-12H,1,3H2,2H3;. The van der Waals surface area contributed by atoms with Gasteiger partial charge in [0, 0.05) is 0 Å². The minimum absolute atomic E-state index is 0.0421. The molecule has 3 nitrogen and oxygen atoms in total. The molecular formula is C9H11O3Pb. The summed E-state index contributed by atoms with van der Waals surface area (Å²) in [5.74, 6) is -0.253. The molecule has 1 rings (SSSR count). The Hall–Kier alpha value is -0.458. The maximum atomic E-state index is 9.49. The van der Waals surface area contributed by atoms with E-state index in [9.17, 15) is 15.3 Å². The van der Waals surface area contributed by atoms with Crippen molar-refractivity contribution in [2.75, 3.05) is 0 Å². The number of phenolic OH excluding ortho intramolecular Hbond substituents is 3. The Balaban J connectivity index is 3.24. The Kier molecular flexibility index (Phi) is 3.41. The van der Waals surface area contributed by atoms with E-state index in [1.807, 2.05) is 0 Å². The summed E-state index contributed by atoms with van der Waals surface area (Å²) in [6.07, 6.45) is 0.708. The van der Waals surface area contributed by atoms with E-state index in [1.54, 1.807) is 6.92 Å². The van der Waals surface area contributed by atoms with Crippen molar-refractivity contribution < 1.29 is 15.3 Å². The zero-order valence-electron chi connectivity index (χ0n) is 7.33. The molecule has 0 aliphatic carbocycles. The second-order valence-corrected chi connectivity index (χ2v) is 4.82. The van der Waals surface area contributed by atoms with Gasteiger partial charge in [0.15, 0.2) is 0 Å². The molecule has 0 saturated heterocycles. The van der Waals surface area contributed by atoms with Crippen LogP contribution in [0.15, 0.2) is 6.07 Å². The summed E-state index contributed by atoms with van der Waals surface area (Å²) in [4.78, 5) is 0. The summed E-state index contributed by atoms with van der Waals surface area (Å²) in [5.41, 5.74) is 0.949. The summed E-state index contributed by atoms with van der Waals surface area (Å²) in [6.45, 7) is 1.56. The first kappa shape index (κ1) is 10.6. The first-order valence-electron chi connectivity index (χ1n) is 3.96. The Morgan fingerprint density at radius 1 is 1.23 bits per heavy atom. The zero-order valence-corrected chi connectivity index (χ0v) is 11.2. The topological polar surface area (TPSA) is 60.7 Å². The zero-order chi connectivity index (χ0) is 10.0. The predicted molar refractivity (Wildman–Crippen MR) is 50.4 cm³/mol. The SMILES string of the molecule is Cc1c(O)cc(C[CH2][Pb])c(O)c1O. The number of aromatic hydroxyl groups is 3. The molecule has 0 unspecified atom stereocenters. The normalized spacial score (nSPS) is 10.3. The van der Waals surface area contributed by atoms with Crippen LogP contribution in [0.3, 0.4) is 0 Å². The van der Waals surface area contributed by atoms with E-state index in [4.69, 9.17) is 0 Å². The molecule has 0 aromatic heterocycles. The van der Waals surface area contributed by atoms with Gasteiger partial charge in [0.2, 0.25) is 0 Å². The molecule has 0 bridgehead atoms. The van der Waals surface area contributed by atoms with Gasteiger partial charge in [0.05, 0.1) is 0 Å². The number of hydrogen-bond donors (Lipinski definition) is 3. The number of benzene rings is 1. The second kappa shape index (κ2) is 4.17. The fourth-order valence-corrected chi connectivity index (χ4v) is 2.16. The van der Waals surface area contributed by atoms with Crippen LogP contribution in [0.2, 0.25) is 3.98 Å². The van der Waals surface area contributed by atoms with Gasteiger partial charge in [0.1, 0.15) is 0 Å². The molecule has 13 heavy (non-hydrogen) atoms. The van der Waals surface area contributed by atoms with E-state index in [2.05, 4.69) is 0 Å². The minimum atomic E-state index is -0.204. The molecule has 0 heterocycles. The summed E-state index contributed by atoms with van der Waals surface area (Å²) < 4.78 is 0.996. The molecule has 0 atom stereocenters. The van der Waals surface area contributed by atoms with Gasteiger partial charge >= 0.3 is 92.9 Å². The van der Waals surface area contributed by atoms with Gasteiger partial charge in [-0.3, -0.25) is 0 Å². The number of rotatable bonds is 2. The van der Waals surface area contributed by atoms with Gasteiger partial charge in [0.25, 0.3) is 0 Å². The fourth-order valence-electron chi connectivity index (χ4n) is 1.12. The molecular weight excluding hydrogens is 363 g/mol. The van der Waals surface area contributed by atoms with Crippen molar-refractivity contribution in [1.29, 1.82) is 0 Å². The van der Waals surface area contributed by atoms with Crippen LogP contribution in [0.4, 0.5) is 0 Å². The van der Waals surface area contributed by atoms with E-state index >= 15 is 0 Å². The van der Waals surface area contributed by atoms with Crippen LogP contribution in [0, 0.1) is 6.92 Å². The molecule has 1 aromatic carbocycles. The molecule has 0 aliphatic heterocycles. The van der Waals surface area contributed by atoms with E-state index in [1.165, 1.54) is 6.07 Å². The molecule has 1 aromatic rings. The van der Waals surface area contributed by atoms with Crippen LogP contribution in [-0.4, -0.2) is 41.1 Å². The van der Waals surface area contributed by atoms with Crippen molar-refractivity contribution in [1.82, 2.24) is 0 Å². The third-order valence-corrected chi connectivity index (χ3v) is 2.95. The first-order valence-corrected chi connectivity index (χ1v) is 6.70. The average Bonchev–Trinajstić information content (AvgIpc) is 2.11. The van der Waals surface area contributed by atoms with Crippen molar-refractivity contribution in [3.63, 3.8) is 0 Å². The third-order valence-electron chi connectivity index (χ3n) is 1.97. The van der Waals surface area contributed by atoms with E-state index in [-0.39, 0.29) is 17.2 Å². The van der Waals surface area contributed by atoms with Gasteiger partial charge in [-0.15, -0.1) is 0 Å². The molecule has 69 valence electrons. The Bertz CT molecular complexity index is 323. The van der Waals surface area contributed by atoms with Crippen LogP contribution in [0.5, 0.6) is 17.2 Å². The van der Waals surface area contributed by atoms with Crippen molar-refractivity contribution in [2.45, 2.75) is 17.3 Å².